The number of nitrogens with zero attached hydrogens (tertiary/aromatic N) is 1. The first-order valence-electron chi connectivity index (χ1n) is 8.09. The lowest BCUT2D eigenvalue weighted by Crippen LogP contribution is -2.33. The summed E-state index contributed by atoms with van der Waals surface area (Å²) < 4.78 is 27.4. The number of H-pyrrole nitrogens is 1. The maximum Gasteiger partial charge on any atom is 0.271 e. The summed E-state index contributed by atoms with van der Waals surface area (Å²) in [5.41, 5.74) is 1.06. The van der Waals surface area contributed by atoms with Crippen molar-refractivity contribution in [3.8, 4) is 0 Å². The minimum atomic E-state index is -3.82. The minimum Gasteiger partial charge on any atom is -0.348 e. The van der Waals surface area contributed by atoms with E-state index in [-0.39, 0.29) is 28.2 Å². The van der Waals surface area contributed by atoms with Gasteiger partial charge in [0.05, 0.1) is 16.8 Å². The van der Waals surface area contributed by atoms with Crippen LogP contribution >= 0.6 is 0 Å². The van der Waals surface area contributed by atoms with E-state index in [9.17, 15) is 13.2 Å². The summed E-state index contributed by atoms with van der Waals surface area (Å²) in [5.74, 6) is -0.357. The molecule has 1 saturated carbocycles. The molecule has 1 amide bonds. The minimum absolute atomic E-state index is 0.0986. The molecule has 0 atom stereocenters. The normalized spacial score (nSPS) is 15.0. The van der Waals surface area contributed by atoms with E-state index in [2.05, 4.69) is 26.8 Å². The van der Waals surface area contributed by atoms with Crippen molar-refractivity contribution >= 4 is 27.7 Å². The number of amides is 1. The Balaban J connectivity index is 1.77. The predicted octanol–water partition coefficient (Wildman–Crippen LogP) is 2.53. The second-order valence-electron chi connectivity index (χ2n) is 5.99. The van der Waals surface area contributed by atoms with Gasteiger partial charge in [0.2, 0.25) is 0 Å². The van der Waals surface area contributed by atoms with Crippen LogP contribution < -0.4 is 10.0 Å². The van der Waals surface area contributed by atoms with Crippen LogP contribution in [0.4, 0.5) is 5.69 Å². The Hall–Kier alpha value is -2.61. The molecule has 3 rings (SSSR count). The van der Waals surface area contributed by atoms with Crippen molar-refractivity contribution < 1.29 is 13.2 Å². The third kappa shape index (κ3) is 3.90. The van der Waals surface area contributed by atoms with Crippen molar-refractivity contribution in [1.82, 2.24) is 15.5 Å². The number of hydrogen-bond acceptors (Lipinski definition) is 4. The summed E-state index contributed by atoms with van der Waals surface area (Å²) in [7, 11) is -3.82. The van der Waals surface area contributed by atoms with Gasteiger partial charge in [0, 0.05) is 6.04 Å². The van der Waals surface area contributed by atoms with Crippen LogP contribution in [0.2, 0.25) is 0 Å². The molecule has 0 radical (unpaired) electrons. The molecule has 3 N–H and O–H groups in total. The fraction of sp³-hybridized carbons (Fsp3) is 0.294. The van der Waals surface area contributed by atoms with Crippen molar-refractivity contribution in [2.75, 3.05) is 4.72 Å². The molecule has 0 aliphatic heterocycles. The first kappa shape index (κ1) is 17.2. The first-order chi connectivity index (χ1) is 12.0. The van der Waals surface area contributed by atoms with E-state index in [1.165, 1.54) is 18.3 Å². The van der Waals surface area contributed by atoms with Crippen LogP contribution in [0.5, 0.6) is 0 Å². The van der Waals surface area contributed by atoms with E-state index in [0.29, 0.717) is 0 Å². The first-order valence-corrected chi connectivity index (χ1v) is 9.57. The van der Waals surface area contributed by atoms with Crippen LogP contribution in [0, 0.1) is 0 Å². The van der Waals surface area contributed by atoms with E-state index in [0.717, 1.165) is 31.2 Å². The van der Waals surface area contributed by atoms with Crippen molar-refractivity contribution in [2.24, 2.45) is 0 Å². The molecule has 1 aliphatic carbocycles. The lowest BCUT2D eigenvalue weighted by atomic mass is 10.2. The summed E-state index contributed by atoms with van der Waals surface area (Å²) in [4.78, 5) is 12.5. The number of sulfonamides is 1. The Morgan fingerprint density at radius 3 is 2.56 bits per heavy atom. The monoisotopic (exact) mass is 360 g/mol. The molecule has 25 heavy (non-hydrogen) atoms. The Kier molecular flexibility index (Phi) is 4.89. The molecule has 1 aromatic carbocycles. The van der Waals surface area contributed by atoms with Gasteiger partial charge in [-0.2, -0.15) is 5.10 Å². The van der Waals surface area contributed by atoms with Gasteiger partial charge in [-0.15, -0.1) is 0 Å². The van der Waals surface area contributed by atoms with Gasteiger partial charge in [-0.05, 0) is 30.5 Å². The zero-order valence-corrected chi connectivity index (χ0v) is 14.5. The molecule has 1 aliphatic rings. The number of rotatable bonds is 6. The average Bonchev–Trinajstić information content (AvgIpc) is 3.26. The summed E-state index contributed by atoms with van der Waals surface area (Å²) in [5, 5.41) is 9.27. The standard InChI is InChI=1S/C17H20N4O3S/c1-2-12-7-9-14(10-8-12)25(23,24)21-15-11-18-20-16(15)17(22)19-13-5-3-4-6-13/h2,7-11,13,21H,1,3-6H2,(H,18,20)(H,19,22). The Morgan fingerprint density at radius 1 is 1.24 bits per heavy atom. The number of aromatic nitrogens is 2. The van der Waals surface area contributed by atoms with Crippen LogP contribution in [0.15, 0.2) is 41.9 Å². The highest BCUT2D eigenvalue weighted by atomic mass is 32.2. The second-order valence-corrected chi connectivity index (χ2v) is 7.67. The molecule has 0 saturated heterocycles. The number of carbonyl (C=O) groups excluding carboxylic acids is 1. The maximum atomic E-state index is 12.5. The Bertz CT molecular complexity index is 866. The van der Waals surface area contributed by atoms with E-state index in [1.807, 2.05) is 0 Å². The molecule has 1 aromatic heterocycles. The number of aromatic amines is 1. The number of hydrogen-bond donors (Lipinski definition) is 3. The van der Waals surface area contributed by atoms with E-state index >= 15 is 0 Å². The third-order valence-corrected chi connectivity index (χ3v) is 5.61. The number of nitrogens with one attached hydrogen (secondary N) is 3. The van der Waals surface area contributed by atoms with E-state index < -0.39 is 10.0 Å². The van der Waals surface area contributed by atoms with Crippen molar-refractivity contribution in [3.63, 3.8) is 0 Å². The smallest absolute Gasteiger partial charge is 0.271 e. The predicted molar refractivity (Wildman–Crippen MR) is 95.7 cm³/mol. The largest absolute Gasteiger partial charge is 0.348 e. The quantitative estimate of drug-likeness (QED) is 0.736. The molecule has 0 bridgehead atoms. The molecule has 1 fully saturated rings. The number of anilines is 1. The van der Waals surface area contributed by atoms with Crippen molar-refractivity contribution in [3.05, 3.63) is 48.3 Å². The molecule has 2 aromatic rings. The van der Waals surface area contributed by atoms with Crippen molar-refractivity contribution in [1.29, 1.82) is 0 Å². The summed E-state index contributed by atoms with van der Waals surface area (Å²) in [6, 6.07) is 6.41. The Morgan fingerprint density at radius 2 is 1.92 bits per heavy atom. The molecule has 0 spiro atoms. The Labute approximate surface area is 146 Å². The van der Waals surface area contributed by atoms with Crippen LogP contribution in [0.3, 0.4) is 0 Å². The third-order valence-electron chi connectivity index (χ3n) is 4.23. The van der Waals surface area contributed by atoms with Crippen LogP contribution in [0.25, 0.3) is 6.08 Å². The van der Waals surface area contributed by atoms with Crippen LogP contribution in [0.1, 0.15) is 41.7 Å². The molecule has 0 unspecified atom stereocenters. The van der Waals surface area contributed by atoms with Gasteiger partial charge in [0.1, 0.15) is 5.69 Å². The number of carbonyl (C=O) groups is 1. The van der Waals surface area contributed by atoms with Gasteiger partial charge in [-0.3, -0.25) is 14.6 Å². The van der Waals surface area contributed by atoms with E-state index in [1.54, 1.807) is 18.2 Å². The van der Waals surface area contributed by atoms with Gasteiger partial charge in [-0.1, -0.05) is 37.6 Å². The van der Waals surface area contributed by atoms with Gasteiger partial charge in [0.15, 0.2) is 0 Å². The molecule has 132 valence electrons. The highest BCUT2D eigenvalue weighted by Crippen LogP contribution is 2.21. The van der Waals surface area contributed by atoms with Gasteiger partial charge < -0.3 is 5.32 Å². The fourth-order valence-electron chi connectivity index (χ4n) is 2.85. The van der Waals surface area contributed by atoms with Crippen LogP contribution in [-0.4, -0.2) is 30.6 Å². The summed E-state index contributed by atoms with van der Waals surface area (Å²) in [6.45, 7) is 3.63. The molecule has 8 heteroatoms. The van der Waals surface area contributed by atoms with Crippen LogP contribution in [-0.2, 0) is 10.0 Å². The maximum absolute atomic E-state index is 12.5. The van der Waals surface area contributed by atoms with Gasteiger partial charge in [-0.25, -0.2) is 8.42 Å². The average molecular weight is 360 g/mol. The van der Waals surface area contributed by atoms with Gasteiger partial charge in [0.25, 0.3) is 15.9 Å². The zero-order valence-electron chi connectivity index (χ0n) is 13.7. The molecule has 1 heterocycles. The fourth-order valence-corrected chi connectivity index (χ4v) is 3.91. The van der Waals surface area contributed by atoms with Gasteiger partial charge >= 0.3 is 0 Å². The SMILES string of the molecule is C=Cc1ccc(S(=O)(=O)Nc2cn[nH]c2C(=O)NC2CCCC2)cc1. The lowest BCUT2D eigenvalue weighted by molar-refractivity contribution is 0.0933. The molecule has 7 nitrogen and oxygen atoms in total. The zero-order chi connectivity index (χ0) is 17.9. The topological polar surface area (TPSA) is 104 Å². The highest BCUT2D eigenvalue weighted by Gasteiger charge is 2.23. The molecular weight excluding hydrogens is 340 g/mol. The molecular formula is C17H20N4O3S. The highest BCUT2D eigenvalue weighted by molar-refractivity contribution is 7.92. The van der Waals surface area contributed by atoms with Crippen molar-refractivity contribution in [2.45, 2.75) is 36.6 Å². The second kappa shape index (κ2) is 7.10. The summed E-state index contributed by atoms with van der Waals surface area (Å²) in [6.07, 6.45) is 6.99. The van der Waals surface area contributed by atoms with E-state index in [4.69, 9.17) is 0 Å². The summed E-state index contributed by atoms with van der Waals surface area (Å²) >= 11 is 0. The number of benzene rings is 1. The lowest BCUT2D eigenvalue weighted by Gasteiger charge is -2.12.